The predicted molar refractivity (Wildman–Crippen MR) is 73.8 cm³/mol. The highest BCUT2D eigenvalue weighted by atomic mass is 35.5. The summed E-state index contributed by atoms with van der Waals surface area (Å²) in [5, 5.41) is 3.44. The second kappa shape index (κ2) is 6.82. The topological polar surface area (TPSA) is 15.3 Å². The minimum Gasteiger partial charge on any atom is -0.309 e. The van der Waals surface area contributed by atoms with Crippen molar-refractivity contribution in [1.82, 2.24) is 10.2 Å². The van der Waals surface area contributed by atoms with Crippen molar-refractivity contribution >= 4 is 34.5 Å². The molecule has 0 radical (unpaired) electrons. The predicted octanol–water partition coefficient (Wildman–Crippen LogP) is 3.48. The standard InChI is InChI=1S/C11H18Cl2N2S/c1-4-15(3)7-8(2)14-6-9-5-10(12)16-11(9)13/h5,8,14H,4,6-7H2,1-3H3. The van der Waals surface area contributed by atoms with Crippen molar-refractivity contribution in [2.24, 2.45) is 0 Å². The summed E-state index contributed by atoms with van der Waals surface area (Å²) in [5.41, 5.74) is 1.09. The first-order valence-electron chi connectivity index (χ1n) is 5.38. The van der Waals surface area contributed by atoms with Crippen LogP contribution in [0.15, 0.2) is 6.07 Å². The third-order valence-corrected chi connectivity index (χ3v) is 4.06. The summed E-state index contributed by atoms with van der Waals surface area (Å²) in [6.45, 7) is 7.21. The van der Waals surface area contributed by atoms with Gasteiger partial charge in [0, 0.05) is 19.1 Å². The van der Waals surface area contributed by atoms with Crippen LogP contribution in [0.5, 0.6) is 0 Å². The van der Waals surface area contributed by atoms with E-state index in [0.29, 0.717) is 6.04 Å². The molecular weight excluding hydrogens is 263 g/mol. The maximum atomic E-state index is 6.05. The van der Waals surface area contributed by atoms with Gasteiger partial charge in [-0.15, -0.1) is 11.3 Å². The summed E-state index contributed by atoms with van der Waals surface area (Å²) in [6.07, 6.45) is 0. The van der Waals surface area contributed by atoms with Crippen LogP contribution in [0.25, 0.3) is 0 Å². The Morgan fingerprint density at radius 1 is 1.50 bits per heavy atom. The number of nitrogens with zero attached hydrogens (tertiary/aromatic N) is 1. The molecule has 0 saturated heterocycles. The Hall–Kier alpha value is 0.200. The van der Waals surface area contributed by atoms with Gasteiger partial charge in [0.05, 0.1) is 8.67 Å². The minimum absolute atomic E-state index is 0.444. The van der Waals surface area contributed by atoms with Gasteiger partial charge in [0.25, 0.3) is 0 Å². The normalized spacial score (nSPS) is 13.4. The van der Waals surface area contributed by atoms with Crippen LogP contribution in [0.1, 0.15) is 19.4 Å². The lowest BCUT2D eigenvalue weighted by Gasteiger charge is -2.20. The molecule has 1 unspecified atom stereocenters. The van der Waals surface area contributed by atoms with Gasteiger partial charge < -0.3 is 10.2 Å². The Labute approximate surface area is 112 Å². The average Bonchev–Trinajstić information content (AvgIpc) is 2.54. The fraction of sp³-hybridized carbons (Fsp3) is 0.636. The number of hydrogen-bond acceptors (Lipinski definition) is 3. The van der Waals surface area contributed by atoms with Gasteiger partial charge in [0.2, 0.25) is 0 Å². The van der Waals surface area contributed by atoms with E-state index in [1.54, 1.807) is 0 Å². The molecule has 5 heteroatoms. The molecule has 1 aromatic rings. The highest BCUT2D eigenvalue weighted by Crippen LogP contribution is 2.30. The molecule has 2 nitrogen and oxygen atoms in total. The van der Waals surface area contributed by atoms with Gasteiger partial charge in [-0.2, -0.15) is 0 Å². The van der Waals surface area contributed by atoms with E-state index < -0.39 is 0 Å². The van der Waals surface area contributed by atoms with Gasteiger partial charge in [-0.1, -0.05) is 30.1 Å². The molecule has 0 aliphatic heterocycles. The first-order chi connectivity index (χ1) is 7.52. The van der Waals surface area contributed by atoms with Crippen LogP contribution >= 0.6 is 34.5 Å². The second-order valence-electron chi connectivity index (χ2n) is 3.99. The van der Waals surface area contributed by atoms with Crippen LogP contribution in [0.3, 0.4) is 0 Å². The molecule has 16 heavy (non-hydrogen) atoms. The van der Waals surface area contributed by atoms with E-state index in [4.69, 9.17) is 23.2 Å². The van der Waals surface area contributed by atoms with E-state index in [2.05, 4.69) is 31.1 Å². The maximum absolute atomic E-state index is 6.05. The molecule has 0 aromatic carbocycles. The fourth-order valence-corrected chi connectivity index (χ4v) is 2.93. The van der Waals surface area contributed by atoms with E-state index in [1.807, 2.05) is 6.07 Å². The Bertz CT molecular complexity index is 328. The lowest BCUT2D eigenvalue weighted by atomic mass is 10.2. The largest absolute Gasteiger partial charge is 0.309 e. The van der Waals surface area contributed by atoms with Crippen molar-refractivity contribution in [3.8, 4) is 0 Å². The molecular formula is C11H18Cl2N2S. The monoisotopic (exact) mass is 280 g/mol. The minimum atomic E-state index is 0.444. The summed E-state index contributed by atoms with van der Waals surface area (Å²) in [4.78, 5) is 2.28. The third-order valence-electron chi connectivity index (χ3n) is 2.49. The number of hydrogen-bond donors (Lipinski definition) is 1. The average molecular weight is 281 g/mol. The van der Waals surface area contributed by atoms with Crippen molar-refractivity contribution in [2.45, 2.75) is 26.4 Å². The molecule has 1 N–H and O–H groups in total. The van der Waals surface area contributed by atoms with Crippen molar-refractivity contribution in [3.05, 3.63) is 20.3 Å². The molecule has 92 valence electrons. The fourth-order valence-electron chi connectivity index (χ4n) is 1.44. The summed E-state index contributed by atoms with van der Waals surface area (Å²) in [6, 6.07) is 2.37. The SMILES string of the molecule is CCN(C)CC(C)NCc1cc(Cl)sc1Cl. The molecule has 0 saturated carbocycles. The lowest BCUT2D eigenvalue weighted by Crippen LogP contribution is -2.36. The van der Waals surface area contributed by atoms with Crippen molar-refractivity contribution in [1.29, 1.82) is 0 Å². The van der Waals surface area contributed by atoms with Gasteiger partial charge >= 0.3 is 0 Å². The molecule has 0 aliphatic carbocycles. The van der Waals surface area contributed by atoms with E-state index in [-0.39, 0.29) is 0 Å². The molecule has 1 rings (SSSR count). The number of rotatable bonds is 6. The molecule has 0 spiro atoms. The number of thiophene rings is 1. The van der Waals surface area contributed by atoms with Crippen LogP contribution in [0, 0.1) is 0 Å². The molecule has 0 fully saturated rings. The first-order valence-corrected chi connectivity index (χ1v) is 6.95. The first kappa shape index (κ1) is 14.3. The summed E-state index contributed by atoms with van der Waals surface area (Å²) in [7, 11) is 2.12. The lowest BCUT2D eigenvalue weighted by molar-refractivity contribution is 0.309. The number of nitrogens with one attached hydrogen (secondary N) is 1. The molecule has 0 bridgehead atoms. The molecule has 1 aromatic heterocycles. The van der Waals surface area contributed by atoms with Crippen LogP contribution in [-0.2, 0) is 6.54 Å². The van der Waals surface area contributed by atoms with E-state index in [9.17, 15) is 0 Å². The smallest absolute Gasteiger partial charge is 0.0989 e. The maximum Gasteiger partial charge on any atom is 0.0989 e. The highest BCUT2D eigenvalue weighted by molar-refractivity contribution is 7.20. The highest BCUT2D eigenvalue weighted by Gasteiger charge is 2.08. The Morgan fingerprint density at radius 2 is 2.19 bits per heavy atom. The van der Waals surface area contributed by atoms with Crippen molar-refractivity contribution in [2.75, 3.05) is 20.1 Å². The van der Waals surface area contributed by atoms with Crippen LogP contribution in [-0.4, -0.2) is 31.1 Å². The zero-order chi connectivity index (χ0) is 12.1. The zero-order valence-electron chi connectivity index (χ0n) is 9.89. The van der Waals surface area contributed by atoms with E-state index in [1.165, 1.54) is 11.3 Å². The summed E-state index contributed by atoms with van der Waals surface area (Å²) < 4.78 is 1.54. The van der Waals surface area contributed by atoms with E-state index in [0.717, 1.165) is 33.9 Å². The van der Waals surface area contributed by atoms with Crippen LogP contribution < -0.4 is 5.32 Å². The number of likely N-dealkylation sites (N-methyl/N-ethyl adjacent to an activating group) is 1. The van der Waals surface area contributed by atoms with Gasteiger partial charge in [0.1, 0.15) is 0 Å². The van der Waals surface area contributed by atoms with Crippen molar-refractivity contribution < 1.29 is 0 Å². The molecule has 1 atom stereocenters. The van der Waals surface area contributed by atoms with E-state index >= 15 is 0 Å². The summed E-state index contributed by atoms with van der Waals surface area (Å²) in [5.74, 6) is 0. The third kappa shape index (κ3) is 4.60. The van der Waals surface area contributed by atoms with Gasteiger partial charge in [0.15, 0.2) is 0 Å². The summed E-state index contributed by atoms with van der Waals surface area (Å²) >= 11 is 13.4. The molecule has 0 amide bonds. The Morgan fingerprint density at radius 3 is 2.69 bits per heavy atom. The van der Waals surface area contributed by atoms with Crippen molar-refractivity contribution in [3.63, 3.8) is 0 Å². The Kier molecular flexibility index (Phi) is 6.08. The zero-order valence-corrected chi connectivity index (χ0v) is 12.2. The molecule has 1 heterocycles. The second-order valence-corrected chi connectivity index (χ2v) is 6.27. The quantitative estimate of drug-likeness (QED) is 0.858. The van der Waals surface area contributed by atoms with Crippen LogP contribution in [0.4, 0.5) is 0 Å². The van der Waals surface area contributed by atoms with Gasteiger partial charge in [-0.3, -0.25) is 0 Å². The Balaban J connectivity index is 2.36. The van der Waals surface area contributed by atoms with Crippen LogP contribution in [0.2, 0.25) is 8.67 Å². The van der Waals surface area contributed by atoms with Gasteiger partial charge in [-0.25, -0.2) is 0 Å². The molecule has 0 aliphatic rings. The van der Waals surface area contributed by atoms with Gasteiger partial charge in [-0.05, 0) is 32.1 Å². The number of halogens is 2.